The summed E-state index contributed by atoms with van der Waals surface area (Å²) in [6.07, 6.45) is 1.67. The van der Waals surface area contributed by atoms with E-state index in [9.17, 15) is 13.2 Å². The third kappa shape index (κ3) is 6.18. The van der Waals surface area contributed by atoms with E-state index >= 15 is 0 Å². The minimum absolute atomic E-state index is 0.0404. The van der Waals surface area contributed by atoms with Crippen LogP contribution in [0.5, 0.6) is 11.5 Å². The Hall–Kier alpha value is -2.54. The second-order valence-corrected chi connectivity index (χ2v) is 11.5. The molecule has 1 aliphatic rings. The van der Waals surface area contributed by atoms with Crippen molar-refractivity contribution in [2.24, 2.45) is 4.99 Å². The predicted octanol–water partition coefficient (Wildman–Crippen LogP) is 5.92. The Labute approximate surface area is 225 Å². The Balaban J connectivity index is 1.60. The number of nitrogens with zero attached hydrogens (tertiary/aromatic N) is 1. The number of benzene rings is 3. The molecule has 3 aromatic rings. The van der Waals surface area contributed by atoms with E-state index in [2.05, 4.69) is 10.3 Å². The maximum absolute atomic E-state index is 12.8. The zero-order valence-electron chi connectivity index (χ0n) is 18.4. The molecule has 0 aliphatic carbocycles. The van der Waals surface area contributed by atoms with Crippen molar-refractivity contribution in [1.29, 1.82) is 0 Å². The van der Waals surface area contributed by atoms with Crippen molar-refractivity contribution in [1.82, 2.24) is 5.32 Å². The summed E-state index contributed by atoms with van der Waals surface area (Å²) in [7, 11) is -2.64. The summed E-state index contributed by atoms with van der Waals surface area (Å²) in [5.74, 6) is 0.00111. The molecular weight excluding hydrogens is 623 g/mol. The fourth-order valence-corrected chi connectivity index (χ4v) is 5.84. The number of thioether (sulfide) groups is 1. The van der Waals surface area contributed by atoms with Gasteiger partial charge in [-0.2, -0.15) is 8.42 Å². The molecule has 4 rings (SSSR count). The van der Waals surface area contributed by atoms with Crippen LogP contribution in [0.2, 0.25) is 5.02 Å². The Morgan fingerprint density at radius 1 is 1.09 bits per heavy atom. The van der Waals surface area contributed by atoms with Crippen LogP contribution in [0.25, 0.3) is 6.08 Å². The molecule has 0 aromatic heterocycles. The molecule has 0 bridgehead atoms. The highest BCUT2D eigenvalue weighted by molar-refractivity contribution is 14.1. The van der Waals surface area contributed by atoms with Gasteiger partial charge in [-0.05, 0) is 101 Å². The number of amides is 1. The van der Waals surface area contributed by atoms with Gasteiger partial charge in [-0.3, -0.25) is 4.79 Å². The molecule has 1 heterocycles. The molecular formula is C24H18ClIN2O5S2. The van der Waals surface area contributed by atoms with Gasteiger partial charge in [-0.15, -0.1) is 0 Å². The van der Waals surface area contributed by atoms with Gasteiger partial charge in [-0.1, -0.05) is 29.3 Å². The quantitative estimate of drug-likeness (QED) is 0.204. The van der Waals surface area contributed by atoms with Crippen LogP contribution in [0, 0.1) is 10.5 Å². The topological polar surface area (TPSA) is 94.1 Å². The monoisotopic (exact) mass is 640 g/mol. The van der Waals surface area contributed by atoms with Crippen LogP contribution in [0.1, 0.15) is 11.1 Å². The van der Waals surface area contributed by atoms with E-state index < -0.39 is 10.1 Å². The number of nitrogens with one attached hydrogen (secondary N) is 1. The summed E-state index contributed by atoms with van der Waals surface area (Å²) in [5.41, 5.74) is 2.23. The van der Waals surface area contributed by atoms with Crippen molar-refractivity contribution in [3.63, 3.8) is 0 Å². The number of carbonyl (C=O) groups excluding carboxylic acids is 1. The molecule has 7 nitrogen and oxygen atoms in total. The van der Waals surface area contributed by atoms with E-state index in [1.165, 1.54) is 31.0 Å². The van der Waals surface area contributed by atoms with Crippen LogP contribution in [0.15, 0.2) is 75.5 Å². The second kappa shape index (κ2) is 10.6. The number of ether oxygens (including phenoxy) is 1. The number of aryl methyl sites for hydroxylation is 1. The Kier molecular flexibility index (Phi) is 7.74. The van der Waals surface area contributed by atoms with Crippen molar-refractivity contribution in [3.8, 4) is 11.5 Å². The molecule has 11 heteroatoms. The molecule has 0 unspecified atom stereocenters. The summed E-state index contributed by atoms with van der Waals surface area (Å²) < 4.78 is 36.9. The molecule has 180 valence electrons. The molecule has 1 N–H and O–H groups in total. The number of methoxy groups -OCH3 is 1. The van der Waals surface area contributed by atoms with Gasteiger partial charge in [0.1, 0.15) is 4.90 Å². The molecule has 1 fully saturated rings. The molecule has 0 atom stereocenters. The van der Waals surface area contributed by atoms with Crippen LogP contribution in [0.3, 0.4) is 0 Å². The highest BCUT2D eigenvalue weighted by Gasteiger charge is 2.25. The number of aliphatic imine (C=N–C) groups is 1. The first-order chi connectivity index (χ1) is 16.6. The number of hydrogen-bond donors (Lipinski definition) is 1. The van der Waals surface area contributed by atoms with E-state index in [0.717, 1.165) is 5.56 Å². The van der Waals surface area contributed by atoms with Gasteiger partial charge in [0.25, 0.3) is 5.91 Å². The number of halogens is 2. The predicted molar refractivity (Wildman–Crippen MR) is 147 cm³/mol. The molecule has 3 aromatic carbocycles. The molecule has 0 saturated carbocycles. The molecule has 35 heavy (non-hydrogen) atoms. The summed E-state index contributed by atoms with van der Waals surface area (Å²) in [5, 5.41) is 3.77. The zero-order chi connectivity index (χ0) is 25.2. The van der Waals surface area contributed by atoms with E-state index in [-0.39, 0.29) is 22.3 Å². The van der Waals surface area contributed by atoms with Crippen molar-refractivity contribution in [3.05, 3.63) is 85.3 Å². The van der Waals surface area contributed by atoms with Gasteiger partial charge in [0.05, 0.1) is 21.3 Å². The maximum atomic E-state index is 12.8. The van der Waals surface area contributed by atoms with Gasteiger partial charge in [0.2, 0.25) is 0 Å². The lowest BCUT2D eigenvalue weighted by Gasteiger charge is -2.13. The minimum Gasteiger partial charge on any atom is -0.493 e. The fourth-order valence-electron chi connectivity index (χ4n) is 3.03. The minimum atomic E-state index is -4.06. The standard InChI is InChI=1S/C24H18ClIN2O5S2/c1-14-3-9-18(10-4-14)35(30,31)33-22-19(26)11-15(12-20(22)32-2)13-21-23(29)28-24(34-21)27-17-7-5-16(25)6-8-17/h3-13H,1-2H3,(H,27,28,29)/b21-13-. The van der Waals surface area contributed by atoms with Crippen molar-refractivity contribution in [2.75, 3.05) is 7.11 Å². The lowest BCUT2D eigenvalue weighted by atomic mass is 10.2. The molecule has 0 spiro atoms. The highest BCUT2D eigenvalue weighted by atomic mass is 127. The first kappa shape index (κ1) is 25.5. The van der Waals surface area contributed by atoms with Crippen molar-refractivity contribution in [2.45, 2.75) is 11.8 Å². The normalized spacial score (nSPS) is 15.9. The van der Waals surface area contributed by atoms with Gasteiger partial charge in [0, 0.05) is 5.02 Å². The van der Waals surface area contributed by atoms with Gasteiger partial charge in [0.15, 0.2) is 16.7 Å². The average molecular weight is 641 g/mol. The summed E-state index contributed by atoms with van der Waals surface area (Å²) in [6, 6.07) is 16.6. The third-order valence-corrected chi connectivity index (χ3v) is 7.96. The van der Waals surface area contributed by atoms with E-state index in [4.69, 9.17) is 20.5 Å². The van der Waals surface area contributed by atoms with Gasteiger partial charge in [-0.25, -0.2) is 4.99 Å². The van der Waals surface area contributed by atoms with E-state index in [1.807, 2.05) is 29.5 Å². The van der Waals surface area contributed by atoms with Gasteiger partial charge < -0.3 is 14.2 Å². The Morgan fingerprint density at radius 2 is 1.77 bits per heavy atom. The van der Waals surface area contributed by atoms with E-state index in [0.29, 0.717) is 29.9 Å². The van der Waals surface area contributed by atoms with Crippen LogP contribution >= 0.6 is 46.0 Å². The SMILES string of the molecule is COc1cc(/C=C2\SC(=Nc3ccc(Cl)cc3)NC2=O)cc(I)c1OS(=O)(=O)c1ccc(C)cc1. The Bertz CT molecular complexity index is 1450. The van der Waals surface area contributed by atoms with Crippen molar-refractivity contribution < 1.29 is 22.1 Å². The van der Waals surface area contributed by atoms with Crippen LogP contribution < -0.4 is 14.2 Å². The van der Waals surface area contributed by atoms with Crippen LogP contribution in [-0.4, -0.2) is 26.6 Å². The Morgan fingerprint density at radius 3 is 2.43 bits per heavy atom. The molecule has 0 radical (unpaired) electrons. The summed E-state index contributed by atoms with van der Waals surface area (Å²) >= 11 is 9.06. The average Bonchev–Trinajstić information content (AvgIpc) is 3.15. The maximum Gasteiger partial charge on any atom is 0.339 e. The van der Waals surface area contributed by atoms with E-state index in [1.54, 1.807) is 54.6 Å². The second-order valence-electron chi connectivity index (χ2n) is 7.34. The molecule has 1 saturated heterocycles. The lowest BCUT2D eigenvalue weighted by molar-refractivity contribution is -0.115. The first-order valence-electron chi connectivity index (χ1n) is 10.1. The number of amidine groups is 1. The largest absolute Gasteiger partial charge is 0.493 e. The third-order valence-electron chi connectivity index (χ3n) is 4.76. The number of carbonyl (C=O) groups is 1. The van der Waals surface area contributed by atoms with Gasteiger partial charge >= 0.3 is 10.1 Å². The fraction of sp³-hybridized carbons (Fsp3) is 0.0833. The van der Waals surface area contributed by atoms with Crippen molar-refractivity contribution >= 4 is 78.9 Å². The summed E-state index contributed by atoms with van der Waals surface area (Å²) in [4.78, 5) is 17.4. The smallest absolute Gasteiger partial charge is 0.339 e. The highest BCUT2D eigenvalue weighted by Crippen LogP contribution is 2.37. The number of rotatable bonds is 6. The number of hydrogen-bond acceptors (Lipinski definition) is 7. The zero-order valence-corrected chi connectivity index (χ0v) is 23.0. The first-order valence-corrected chi connectivity index (χ1v) is 13.8. The van der Waals surface area contributed by atoms with Crippen LogP contribution in [-0.2, 0) is 14.9 Å². The summed E-state index contributed by atoms with van der Waals surface area (Å²) in [6.45, 7) is 1.87. The van der Waals surface area contributed by atoms with Crippen LogP contribution in [0.4, 0.5) is 5.69 Å². The lowest BCUT2D eigenvalue weighted by Crippen LogP contribution is -2.19. The molecule has 1 amide bonds. The molecule has 1 aliphatic heterocycles.